The van der Waals surface area contributed by atoms with Gasteiger partial charge in [0.1, 0.15) is 5.84 Å². The molecule has 1 aliphatic rings. The van der Waals surface area contributed by atoms with Crippen LogP contribution in [0.25, 0.3) is 0 Å². The third kappa shape index (κ3) is 3.61. The summed E-state index contributed by atoms with van der Waals surface area (Å²) in [4.78, 5) is 11.7. The van der Waals surface area contributed by atoms with E-state index in [1.807, 2.05) is 6.92 Å². The van der Waals surface area contributed by atoms with E-state index in [4.69, 9.17) is 11.1 Å². The van der Waals surface area contributed by atoms with Crippen molar-refractivity contribution in [3.63, 3.8) is 0 Å². The highest BCUT2D eigenvalue weighted by atomic mass is 16.2. The van der Waals surface area contributed by atoms with Crippen LogP contribution in [0.3, 0.4) is 0 Å². The van der Waals surface area contributed by atoms with Crippen molar-refractivity contribution in [3.05, 3.63) is 0 Å². The summed E-state index contributed by atoms with van der Waals surface area (Å²) in [5.41, 5.74) is 5.04. The van der Waals surface area contributed by atoms with Crippen LogP contribution in [0, 0.1) is 11.3 Å². The minimum atomic E-state index is -0.621. The highest BCUT2D eigenvalue weighted by molar-refractivity contribution is 5.91. The predicted octanol–water partition coefficient (Wildman–Crippen LogP) is 1.58. The maximum atomic E-state index is 11.7. The van der Waals surface area contributed by atoms with Gasteiger partial charge in [-0.15, -0.1) is 0 Å². The van der Waals surface area contributed by atoms with Gasteiger partial charge in [0.25, 0.3) is 0 Å². The zero-order valence-electron chi connectivity index (χ0n) is 10.8. The van der Waals surface area contributed by atoms with Crippen molar-refractivity contribution in [2.45, 2.75) is 51.5 Å². The van der Waals surface area contributed by atoms with Gasteiger partial charge in [-0.2, -0.15) is 0 Å². The van der Waals surface area contributed by atoms with E-state index >= 15 is 0 Å². The Kier molecular flexibility index (Phi) is 4.78. The summed E-state index contributed by atoms with van der Waals surface area (Å²) < 4.78 is 0. The van der Waals surface area contributed by atoms with E-state index in [1.54, 1.807) is 0 Å². The van der Waals surface area contributed by atoms with Gasteiger partial charge in [-0.25, -0.2) is 4.79 Å². The van der Waals surface area contributed by atoms with E-state index in [0.717, 1.165) is 32.1 Å². The van der Waals surface area contributed by atoms with Gasteiger partial charge in [0.2, 0.25) is 0 Å². The van der Waals surface area contributed by atoms with Crippen molar-refractivity contribution in [2.24, 2.45) is 11.7 Å². The van der Waals surface area contributed by atoms with E-state index in [2.05, 4.69) is 17.6 Å². The first kappa shape index (κ1) is 13.8. The fourth-order valence-corrected chi connectivity index (χ4v) is 2.22. The lowest BCUT2D eigenvalue weighted by Gasteiger charge is -2.39. The van der Waals surface area contributed by atoms with Gasteiger partial charge >= 0.3 is 6.03 Å². The molecule has 0 aromatic rings. The normalized spacial score (nSPS) is 28.5. The van der Waals surface area contributed by atoms with Gasteiger partial charge in [0.15, 0.2) is 0 Å². The first-order valence-corrected chi connectivity index (χ1v) is 6.40. The molecule has 0 atom stereocenters. The zero-order valence-corrected chi connectivity index (χ0v) is 10.8. The Balaban J connectivity index is 2.60. The number of hydrogen-bond acceptors (Lipinski definition) is 2. The maximum absolute atomic E-state index is 11.7. The average Bonchev–Trinajstić information content (AvgIpc) is 2.29. The molecule has 0 aromatic carbocycles. The van der Waals surface area contributed by atoms with Crippen molar-refractivity contribution in [1.82, 2.24) is 10.6 Å². The number of nitrogens with one attached hydrogen (secondary N) is 3. The number of carbonyl (C=O) groups is 1. The first-order valence-electron chi connectivity index (χ1n) is 6.40. The Labute approximate surface area is 103 Å². The summed E-state index contributed by atoms with van der Waals surface area (Å²) in [6.07, 6.45) is 4.45. The number of rotatable bonds is 4. The third-order valence-corrected chi connectivity index (χ3v) is 3.53. The zero-order chi connectivity index (χ0) is 12.9. The molecular weight excluding hydrogens is 216 g/mol. The highest BCUT2D eigenvalue weighted by Gasteiger charge is 2.38. The molecule has 5 N–H and O–H groups in total. The largest absolute Gasteiger partial charge is 0.386 e. The molecule has 1 rings (SSSR count). The average molecular weight is 240 g/mol. The number of nitrogens with two attached hydrogens (primary N) is 1. The SMILES string of the molecule is CCCNC(=O)NC1(C(=N)N)CCC(C)CC1. The van der Waals surface area contributed by atoms with Crippen LogP contribution in [0.2, 0.25) is 0 Å². The molecule has 0 spiro atoms. The molecule has 17 heavy (non-hydrogen) atoms. The molecule has 0 aromatic heterocycles. The predicted molar refractivity (Wildman–Crippen MR) is 69.1 cm³/mol. The van der Waals surface area contributed by atoms with Crippen LogP contribution in [0.4, 0.5) is 4.79 Å². The second-order valence-corrected chi connectivity index (χ2v) is 5.06. The second-order valence-electron chi connectivity index (χ2n) is 5.06. The lowest BCUT2D eigenvalue weighted by Crippen LogP contribution is -2.60. The maximum Gasteiger partial charge on any atom is 0.315 e. The summed E-state index contributed by atoms with van der Waals surface area (Å²) in [6, 6.07) is -0.211. The van der Waals surface area contributed by atoms with Gasteiger partial charge in [-0.1, -0.05) is 13.8 Å². The van der Waals surface area contributed by atoms with Crippen molar-refractivity contribution >= 4 is 11.9 Å². The van der Waals surface area contributed by atoms with Crippen LogP contribution in [-0.2, 0) is 0 Å². The molecule has 0 saturated heterocycles. The Morgan fingerprint density at radius 1 is 1.47 bits per heavy atom. The van der Waals surface area contributed by atoms with Gasteiger partial charge in [0.05, 0.1) is 5.54 Å². The molecule has 0 bridgehead atoms. The molecule has 98 valence electrons. The van der Waals surface area contributed by atoms with E-state index in [9.17, 15) is 4.79 Å². The van der Waals surface area contributed by atoms with E-state index in [0.29, 0.717) is 12.5 Å². The minimum absolute atomic E-state index is 0.0797. The van der Waals surface area contributed by atoms with Gasteiger partial charge in [-0.05, 0) is 38.0 Å². The summed E-state index contributed by atoms with van der Waals surface area (Å²) in [6.45, 7) is 4.85. The topological polar surface area (TPSA) is 91.0 Å². The molecule has 1 fully saturated rings. The summed E-state index contributed by atoms with van der Waals surface area (Å²) in [5, 5.41) is 13.4. The standard InChI is InChI=1S/C12H24N4O/c1-3-8-15-11(17)16-12(10(13)14)6-4-9(2)5-7-12/h9H,3-8H2,1-2H3,(H3,13,14)(H2,15,16,17). The quantitative estimate of drug-likeness (QED) is 0.444. The van der Waals surface area contributed by atoms with Crippen molar-refractivity contribution < 1.29 is 4.79 Å². The van der Waals surface area contributed by atoms with E-state index < -0.39 is 5.54 Å². The van der Waals surface area contributed by atoms with Gasteiger partial charge in [-0.3, -0.25) is 5.41 Å². The Morgan fingerprint density at radius 2 is 2.06 bits per heavy atom. The number of carbonyl (C=O) groups excluding carboxylic acids is 1. The van der Waals surface area contributed by atoms with Gasteiger partial charge in [0, 0.05) is 6.54 Å². The molecule has 0 aliphatic heterocycles. The minimum Gasteiger partial charge on any atom is -0.386 e. The molecule has 0 unspecified atom stereocenters. The number of hydrogen-bond donors (Lipinski definition) is 4. The van der Waals surface area contributed by atoms with Gasteiger partial charge < -0.3 is 16.4 Å². The second kappa shape index (κ2) is 5.89. The summed E-state index contributed by atoms with van der Waals surface area (Å²) in [7, 11) is 0. The number of urea groups is 1. The number of amides is 2. The molecular formula is C12H24N4O. The summed E-state index contributed by atoms with van der Waals surface area (Å²) >= 11 is 0. The fourth-order valence-electron chi connectivity index (χ4n) is 2.22. The monoisotopic (exact) mass is 240 g/mol. The van der Waals surface area contributed by atoms with Crippen LogP contribution in [0.15, 0.2) is 0 Å². The Morgan fingerprint density at radius 3 is 2.53 bits per heavy atom. The fraction of sp³-hybridized carbons (Fsp3) is 0.833. The molecule has 1 saturated carbocycles. The van der Waals surface area contributed by atoms with Crippen molar-refractivity contribution in [2.75, 3.05) is 6.54 Å². The molecule has 5 heteroatoms. The molecule has 5 nitrogen and oxygen atoms in total. The van der Waals surface area contributed by atoms with Crippen LogP contribution in [-0.4, -0.2) is 24.0 Å². The Hall–Kier alpha value is -1.26. The molecule has 1 aliphatic carbocycles. The van der Waals surface area contributed by atoms with Crippen molar-refractivity contribution in [3.8, 4) is 0 Å². The lowest BCUT2D eigenvalue weighted by molar-refractivity contribution is 0.215. The summed E-state index contributed by atoms with van der Waals surface area (Å²) in [5.74, 6) is 0.735. The van der Waals surface area contributed by atoms with E-state index in [1.165, 1.54) is 0 Å². The Bertz CT molecular complexity index is 282. The third-order valence-electron chi connectivity index (χ3n) is 3.53. The van der Waals surface area contributed by atoms with Crippen LogP contribution in [0.5, 0.6) is 0 Å². The lowest BCUT2D eigenvalue weighted by atomic mass is 9.76. The van der Waals surface area contributed by atoms with Crippen molar-refractivity contribution in [1.29, 1.82) is 5.41 Å². The number of amidine groups is 1. The van der Waals surface area contributed by atoms with Crippen LogP contribution >= 0.6 is 0 Å². The van der Waals surface area contributed by atoms with E-state index in [-0.39, 0.29) is 11.9 Å². The smallest absolute Gasteiger partial charge is 0.315 e. The highest BCUT2D eigenvalue weighted by Crippen LogP contribution is 2.31. The van der Waals surface area contributed by atoms with Crippen LogP contribution < -0.4 is 16.4 Å². The molecule has 0 radical (unpaired) electrons. The molecule has 0 heterocycles. The first-order chi connectivity index (χ1) is 8.00. The van der Waals surface area contributed by atoms with Crippen LogP contribution in [0.1, 0.15) is 46.0 Å². The molecule has 2 amide bonds.